The Kier molecular flexibility index (Phi) is 7.27. The fourth-order valence-electron chi connectivity index (χ4n) is 5.66. The quantitative estimate of drug-likeness (QED) is 0.150. The first kappa shape index (κ1) is 27.7. The number of halogens is 1. The molecule has 1 amide bonds. The van der Waals surface area contributed by atoms with E-state index in [0.29, 0.717) is 17.9 Å². The third-order valence-electron chi connectivity index (χ3n) is 8.26. The Morgan fingerprint density at radius 3 is 2.66 bits per heavy atom. The molecule has 4 heterocycles. The highest BCUT2D eigenvalue weighted by Gasteiger charge is 2.25. The molecular weight excluding hydrogens is 555 g/mol. The summed E-state index contributed by atoms with van der Waals surface area (Å²) < 4.78 is 14.7. The van der Waals surface area contributed by atoms with Crippen molar-refractivity contribution in [2.75, 3.05) is 37.8 Å². The molecule has 222 valence electrons. The van der Waals surface area contributed by atoms with E-state index in [9.17, 15) is 9.18 Å². The van der Waals surface area contributed by atoms with E-state index < -0.39 is 0 Å². The highest BCUT2D eigenvalue weighted by atomic mass is 19.1. The number of fused-ring (bicyclic) bond motifs is 2. The lowest BCUT2D eigenvalue weighted by Gasteiger charge is -2.24. The van der Waals surface area contributed by atoms with Crippen LogP contribution in [0.1, 0.15) is 19.3 Å². The molecule has 7 rings (SSSR count). The number of aromatic nitrogens is 5. The number of aromatic amines is 2. The van der Waals surface area contributed by atoms with Crippen molar-refractivity contribution in [2.45, 2.75) is 19.3 Å². The second kappa shape index (κ2) is 11.5. The number of rotatable bonds is 9. The molecule has 2 aromatic carbocycles. The molecule has 0 saturated heterocycles. The van der Waals surface area contributed by atoms with Gasteiger partial charge in [0, 0.05) is 53.4 Å². The van der Waals surface area contributed by atoms with Crippen LogP contribution in [0.2, 0.25) is 0 Å². The minimum atomic E-state index is -0.303. The van der Waals surface area contributed by atoms with E-state index in [1.807, 2.05) is 50.5 Å². The van der Waals surface area contributed by atoms with Crippen molar-refractivity contribution in [1.29, 1.82) is 0 Å². The van der Waals surface area contributed by atoms with Crippen LogP contribution in [0.4, 0.5) is 15.8 Å². The average molecular weight is 589 g/mol. The van der Waals surface area contributed by atoms with Gasteiger partial charge >= 0.3 is 0 Å². The zero-order valence-corrected chi connectivity index (χ0v) is 24.6. The second-order valence-electron chi connectivity index (χ2n) is 11.7. The molecule has 4 aromatic heterocycles. The number of anilines is 2. The van der Waals surface area contributed by atoms with Gasteiger partial charge in [-0.2, -0.15) is 5.10 Å². The molecule has 1 aliphatic rings. The molecule has 0 bridgehead atoms. The van der Waals surface area contributed by atoms with Gasteiger partial charge in [-0.05, 0) is 92.2 Å². The number of hydrogen-bond acceptors (Lipinski definition) is 6. The van der Waals surface area contributed by atoms with Crippen molar-refractivity contribution in [1.82, 2.24) is 30.0 Å². The number of likely N-dealkylation sites (N-methyl/N-ethyl adjacent to an activating group) is 1. The predicted molar refractivity (Wildman–Crippen MR) is 173 cm³/mol. The zero-order chi connectivity index (χ0) is 30.2. The molecule has 6 aromatic rings. The number of pyridine rings is 2. The third-order valence-corrected chi connectivity index (χ3v) is 8.26. The van der Waals surface area contributed by atoms with Crippen LogP contribution < -0.4 is 10.6 Å². The first-order valence-electron chi connectivity index (χ1n) is 14.8. The number of nitrogens with zero attached hydrogens (tertiary/aromatic N) is 4. The van der Waals surface area contributed by atoms with Gasteiger partial charge in [0.05, 0.1) is 23.1 Å². The van der Waals surface area contributed by atoms with Crippen molar-refractivity contribution in [3.8, 4) is 33.6 Å². The van der Waals surface area contributed by atoms with Gasteiger partial charge in [-0.1, -0.05) is 12.5 Å². The molecule has 0 atom stereocenters. The van der Waals surface area contributed by atoms with Gasteiger partial charge in [-0.25, -0.2) is 9.37 Å². The molecule has 1 aliphatic carbocycles. The highest BCUT2D eigenvalue weighted by molar-refractivity contribution is 6.01. The SMILES string of the molecule is CN(C)CCNc1cc(F)cc(-c2ccnc3[nH]c(-c4n[nH]c5ccc(-c6cncc(NC(=O)C7CCC7)c6)cc45)cc23)c1. The lowest BCUT2D eigenvalue weighted by molar-refractivity contribution is -0.122. The van der Waals surface area contributed by atoms with Crippen LogP contribution in [-0.4, -0.2) is 63.1 Å². The normalized spacial score (nSPS) is 13.5. The third kappa shape index (κ3) is 5.51. The largest absolute Gasteiger partial charge is 0.384 e. The van der Waals surface area contributed by atoms with Crippen LogP contribution >= 0.6 is 0 Å². The van der Waals surface area contributed by atoms with E-state index in [0.717, 1.165) is 81.4 Å². The predicted octanol–water partition coefficient (Wildman–Crippen LogP) is 6.69. The van der Waals surface area contributed by atoms with Gasteiger partial charge in [0.25, 0.3) is 0 Å². The minimum Gasteiger partial charge on any atom is -0.384 e. The number of H-pyrrole nitrogens is 2. The highest BCUT2D eigenvalue weighted by Crippen LogP contribution is 2.36. The van der Waals surface area contributed by atoms with Crippen molar-refractivity contribution in [2.24, 2.45) is 5.92 Å². The maximum absolute atomic E-state index is 14.7. The zero-order valence-electron chi connectivity index (χ0n) is 24.6. The van der Waals surface area contributed by atoms with Crippen molar-refractivity contribution >= 4 is 39.2 Å². The van der Waals surface area contributed by atoms with Gasteiger partial charge in [-0.15, -0.1) is 0 Å². The molecule has 4 N–H and O–H groups in total. The number of benzene rings is 2. The molecule has 0 spiro atoms. The fourth-order valence-corrected chi connectivity index (χ4v) is 5.66. The van der Waals surface area contributed by atoms with Crippen molar-refractivity contribution in [3.05, 3.63) is 79.0 Å². The van der Waals surface area contributed by atoms with Crippen LogP contribution in [-0.2, 0) is 4.79 Å². The minimum absolute atomic E-state index is 0.0598. The first-order valence-corrected chi connectivity index (χ1v) is 14.8. The Morgan fingerprint density at radius 2 is 1.84 bits per heavy atom. The fraction of sp³-hybridized carbons (Fsp3) is 0.235. The Morgan fingerprint density at radius 1 is 0.977 bits per heavy atom. The summed E-state index contributed by atoms with van der Waals surface area (Å²) in [4.78, 5) is 26.9. The molecule has 1 saturated carbocycles. The van der Waals surface area contributed by atoms with E-state index in [-0.39, 0.29) is 17.6 Å². The molecule has 0 aliphatic heterocycles. The molecular formula is C34H33FN8O. The van der Waals surface area contributed by atoms with Gasteiger partial charge in [0.1, 0.15) is 17.2 Å². The molecule has 10 heteroatoms. The van der Waals surface area contributed by atoms with Crippen molar-refractivity contribution in [3.63, 3.8) is 0 Å². The van der Waals surface area contributed by atoms with Gasteiger partial charge < -0.3 is 20.5 Å². The lowest BCUT2D eigenvalue weighted by atomic mass is 9.85. The van der Waals surface area contributed by atoms with Crippen LogP contribution in [0.5, 0.6) is 0 Å². The van der Waals surface area contributed by atoms with E-state index >= 15 is 0 Å². The number of hydrogen-bond donors (Lipinski definition) is 4. The lowest BCUT2D eigenvalue weighted by Crippen LogP contribution is -2.28. The van der Waals surface area contributed by atoms with Crippen LogP contribution in [0.25, 0.3) is 55.6 Å². The van der Waals surface area contributed by atoms with E-state index in [1.54, 1.807) is 24.7 Å². The van der Waals surface area contributed by atoms with Crippen LogP contribution in [0.15, 0.2) is 73.2 Å². The van der Waals surface area contributed by atoms with E-state index in [2.05, 4.69) is 46.7 Å². The Bertz CT molecular complexity index is 1990. The topological polar surface area (TPSA) is 115 Å². The van der Waals surface area contributed by atoms with Gasteiger partial charge in [0.2, 0.25) is 5.91 Å². The van der Waals surface area contributed by atoms with Crippen LogP contribution in [0, 0.1) is 11.7 Å². The van der Waals surface area contributed by atoms with Crippen molar-refractivity contribution < 1.29 is 9.18 Å². The molecule has 0 radical (unpaired) electrons. The van der Waals surface area contributed by atoms with Gasteiger partial charge in [0.15, 0.2) is 0 Å². The molecule has 1 fully saturated rings. The summed E-state index contributed by atoms with van der Waals surface area (Å²) in [6.07, 6.45) is 8.20. The van der Waals surface area contributed by atoms with Crippen LogP contribution in [0.3, 0.4) is 0 Å². The monoisotopic (exact) mass is 588 g/mol. The summed E-state index contributed by atoms with van der Waals surface area (Å²) >= 11 is 0. The maximum atomic E-state index is 14.7. The maximum Gasteiger partial charge on any atom is 0.227 e. The molecule has 9 nitrogen and oxygen atoms in total. The number of carbonyl (C=O) groups excluding carboxylic acids is 1. The first-order chi connectivity index (χ1) is 21.4. The number of carbonyl (C=O) groups is 1. The summed E-state index contributed by atoms with van der Waals surface area (Å²) in [5, 5.41) is 15.9. The Hall–Kier alpha value is -5.09. The second-order valence-corrected chi connectivity index (χ2v) is 11.7. The molecule has 0 unspecified atom stereocenters. The Labute approximate surface area is 253 Å². The summed E-state index contributed by atoms with van der Waals surface area (Å²) in [7, 11) is 4.01. The van der Waals surface area contributed by atoms with Gasteiger partial charge in [-0.3, -0.25) is 14.9 Å². The summed E-state index contributed by atoms with van der Waals surface area (Å²) in [6.45, 7) is 1.55. The summed E-state index contributed by atoms with van der Waals surface area (Å²) in [6, 6.07) is 17.0. The standard InChI is InChI=1S/C34H33FN8O/c1-43(2)11-10-37-25-13-22(12-24(35)16-25)27-8-9-38-33-28(27)17-31(40-33)32-29-15-21(6-7-30(29)41-42-32)23-14-26(19-36-18-23)39-34(44)20-4-3-5-20/h6-9,12-20,37H,3-5,10-11H2,1-2H3,(H,38,40)(H,39,44)(H,41,42). The van der Waals surface area contributed by atoms with E-state index in [1.165, 1.54) is 6.07 Å². The number of amides is 1. The Balaban J connectivity index is 1.21. The summed E-state index contributed by atoms with van der Waals surface area (Å²) in [5.74, 6) is -0.144. The summed E-state index contributed by atoms with van der Waals surface area (Å²) in [5.41, 5.74) is 8.03. The average Bonchev–Trinajstić information content (AvgIpc) is 3.59. The molecule has 44 heavy (non-hydrogen) atoms. The van der Waals surface area contributed by atoms with E-state index in [4.69, 9.17) is 0 Å². The smallest absolute Gasteiger partial charge is 0.227 e. The number of nitrogens with one attached hydrogen (secondary N) is 4.